The molecule has 0 saturated carbocycles. The zero-order chi connectivity index (χ0) is 13.8. The molecule has 1 N–H and O–H groups in total. The second-order valence-electron chi connectivity index (χ2n) is 5.06. The standard InChI is InChI=1S/C14H26O4/c1-12(2)10-11-18-14(17)9-7-5-3-4-6-8-13(15)16/h12H,3-11H2,1-2H3,(H,15,16). The van der Waals surface area contributed by atoms with Gasteiger partial charge in [0.1, 0.15) is 0 Å². The first kappa shape index (κ1) is 16.9. The summed E-state index contributed by atoms with van der Waals surface area (Å²) >= 11 is 0. The molecule has 0 heterocycles. The minimum Gasteiger partial charge on any atom is -0.481 e. The van der Waals surface area contributed by atoms with E-state index in [1.165, 1.54) is 0 Å². The molecule has 0 fully saturated rings. The van der Waals surface area contributed by atoms with Crippen LogP contribution < -0.4 is 0 Å². The van der Waals surface area contributed by atoms with E-state index in [9.17, 15) is 9.59 Å². The molecule has 0 bridgehead atoms. The Hall–Kier alpha value is -1.06. The first-order valence-corrected chi connectivity index (χ1v) is 6.89. The lowest BCUT2D eigenvalue weighted by Crippen LogP contribution is -2.07. The monoisotopic (exact) mass is 258 g/mol. The normalized spacial score (nSPS) is 10.6. The molecule has 0 atom stereocenters. The van der Waals surface area contributed by atoms with E-state index in [-0.39, 0.29) is 12.4 Å². The Balaban J connectivity index is 3.22. The molecule has 0 aromatic heterocycles. The Labute approximate surface area is 110 Å². The molecule has 18 heavy (non-hydrogen) atoms. The van der Waals surface area contributed by atoms with Gasteiger partial charge in [-0.05, 0) is 25.2 Å². The molecule has 0 aliphatic rings. The Morgan fingerprint density at radius 3 is 2.11 bits per heavy atom. The Morgan fingerprint density at radius 1 is 1.00 bits per heavy atom. The Bertz CT molecular complexity index is 236. The summed E-state index contributed by atoms with van der Waals surface area (Å²) in [5.41, 5.74) is 0. The third kappa shape index (κ3) is 13.0. The van der Waals surface area contributed by atoms with Gasteiger partial charge in [-0.1, -0.05) is 33.1 Å². The maximum atomic E-state index is 11.3. The van der Waals surface area contributed by atoms with Crippen molar-refractivity contribution in [2.24, 2.45) is 5.92 Å². The van der Waals surface area contributed by atoms with Crippen molar-refractivity contribution in [2.45, 2.75) is 65.2 Å². The number of hydrogen-bond acceptors (Lipinski definition) is 3. The number of rotatable bonds is 11. The molecule has 0 amide bonds. The summed E-state index contributed by atoms with van der Waals surface area (Å²) < 4.78 is 5.10. The van der Waals surface area contributed by atoms with Crippen LogP contribution in [0.25, 0.3) is 0 Å². The number of carboxylic acids is 1. The van der Waals surface area contributed by atoms with Gasteiger partial charge < -0.3 is 9.84 Å². The quantitative estimate of drug-likeness (QED) is 0.456. The number of carbonyl (C=O) groups is 2. The van der Waals surface area contributed by atoms with Crippen LogP contribution >= 0.6 is 0 Å². The number of ether oxygens (including phenoxy) is 1. The van der Waals surface area contributed by atoms with Gasteiger partial charge in [0.2, 0.25) is 0 Å². The zero-order valence-corrected chi connectivity index (χ0v) is 11.6. The molecule has 4 nitrogen and oxygen atoms in total. The van der Waals surface area contributed by atoms with Crippen molar-refractivity contribution < 1.29 is 19.4 Å². The molecule has 0 saturated heterocycles. The smallest absolute Gasteiger partial charge is 0.305 e. The van der Waals surface area contributed by atoms with Gasteiger partial charge in [0, 0.05) is 12.8 Å². The van der Waals surface area contributed by atoms with Crippen LogP contribution in [0.2, 0.25) is 0 Å². The fraction of sp³-hybridized carbons (Fsp3) is 0.857. The van der Waals surface area contributed by atoms with Crippen LogP contribution in [-0.2, 0) is 14.3 Å². The highest BCUT2D eigenvalue weighted by molar-refractivity contribution is 5.69. The number of aliphatic carboxylic acids is 1. The number of esters is 1. The van der Waals surface area contributed by atoms with Crippen molar-refractivity contribution in [3.63, 3.8) is 0 Å². The van der Waals surface area contributed by atoms with Crippen LogP contribution in [-0.4, -0.2) is 23.7 Å². The molecule has 0 aliphatic heterocycles. The summed E-state index contributed by atoms with van der Waals surface area (Å²) in [4.78, 5) is 21.6. The van der Waals surface area contributed by atoms with E-state index in [0.717, 1.165) is 38.5 Å². The lowest BCUT2D eigenvalue weighted by molar-refractivity contribution is -0.144. The fourth-order valence-corrected chi connectivity index (χ4v) is 1.56. The second-order valence-corrected chi connectivity index (χ2v) is 5.06. The summed E-state index contributed by atoms with van der Waals surface area (Å²) in [5.74, 6) is -0.281. The van der Waals surface area contributed by atoms with E-state index >= 15 is 0 Å². The van der Waals surface area contributed by atoms with E-state index in [1.807, 2.05) is 0 Å². The largest absolute Gasteiger partial charge is 0.481 e. The van der Waals surface area contributed by atoms with Gasteiger partial charge in [0.15, 0.2) is 0 Å². The highest BCUT2D eigenvalue weighted by atomic mass is 16.5. The predicted octanol–water partition coefficient (Wildman–Crippen LogP) is 3.39. The third-order valence-electron chi connectivity index (χ3n) is 2.73. The van der Waals surface area contributed by atoms with Crippen molar-refractivity contribution in [1.29, 1.82) is 0 Å². The average Bonchev–Trinajstić information content (AvgIpc) is 2.26. The maximum Gasteiger partial charge on any atom is 0.305 e. The van der Waals surface area contributed by atoms with Crippen LogP contribution in [0, 0.1) is 5.92 Å². The summed E-state index contributed by atoms with van der Waals surface area (Å²) in [6.07, 6.45) is 6.11. The van der Waals surface area contributed by atoms with Crippen molar-refractivity contribution in [2.75, 3.05) is 6.61 Å². The first-order chi connectivity index (χ1) is 8.52. The molecular weight excluding hydrogens is 232 g/mol. The van der Waals surface area contributed by atoms with E-state index in [1.54, 1.807) is 0 Å². The van der Waals surface area contributed by atoms with Gasteiger partial charge in [-0.15, -0.1) is 0 Å². The Kier molecular flexibility index (Phi) is 10.4. The highest BCUT2D eigenvalue weighted by Crippen LogP contribution is 2.08. The molecule has 106 valence electrons. The molecule has 0 radical (unpaired) electrons. The first-order valence-electron chi connectivity index (χ1n) is 6.89. The Morgan fingerprint density at radius 2 is 1.56 bits per heavy atom. The van der Waals surface area contributed by atoms with Gasteiger partial charge in [0.25, 0.3) is 0 Å². The minimum atomic E-state index is -0.733. The number of carboxylic acid groups (broad SMARTS) is 1. The molecule has 0 aromatic carbocycles. The van der Waals surface area contributed by atoms with Crippen molar-refractivity contribution in [3.05, 3.63) is 0 Å². The van der Waals surface area contributed by atoms with Gasteiger partial charge >= 0.3 is 11.9 Å². The van der Waals surface area contributed by atoms with Crippen LogP contribution in [0.5, 0.6) is 0 Å². The average molecular weight is 258 g/mol. The van der Waals surface area contributed by atoms with Gasteiger partial charge in [-0.25, -0.2) is 0 Å². The SMILES string of the molecule is CC(C)CCOC(=O)CCCCCCCC(=O)O. The van der Waals surface area contributed by atoms with Crippen LogP contribution in [0.1, 0.15) is 65.2 Å². The zero-order valence-electron chi connectivity index (χ0n) is 11.6. The van der Waals surface area contributed by atoms with Crippen molar-refractivity contribution in [3.8, 4) is 0 Å². The molecule has 0 unspecified atom stereocenters. The number of unbranched alkanes of at least 4 members (excludes halogenated alkanes) is 4. The number of hydrogen-bond donors (Lipinski definition) is 1. The van der Waals surface area contributed by atoms with E-state index in [2.05, 4.69) is 13.8 Å². The van der Waals surface area contributed by atoms with Gasteiger partial charge in [-0.2, -0.15) is 0 Å². The number of carbonyl (C=O) groups excluding carboxylic acids is 1. The third-order valence-corrected chi connectivity index (χ3v) is 2.73. The van der Waals surface area contributed by atoms with Crippen LogP contribution in [0.4, 0.5) is 0 Å². The summed E-state index contributed by atoms with van der Waals surface area (Å²) in [6, 6.07) is 0. The second kappa shape index (κ2) is 11.1. The topological polar surface area (TPSA) is 63.6 Å². The highest BCUT2D eigenvalue weighted by Gasteiger charge is 2.03. The summed E-state index contributed by atoms with van der Waals surface area (Å²) in [5, 5.41) is 8.45. The van der Waals surface area contributed by atoms with Crippen molar-refractivity contribution >= 4 is 11.9 Å². The lowest BCUT2D eigenvalue weighted by atomic mass is 10.1. The lowest BCUT2D eigenvalue weighted by Gasteiger charge is -2.06. The van der Waals surface area contributed by atoms with Gasteiger partial charge in [-0.3, -0.25) is 9.59 Å². The molecule has 0 spiro atoms. The predicted molar refractivity (Wildman–Crippen MR) is 70.4 cm³/mol. The molecule has 0 aromatic rings. The molecule has 4 heteroatoms. The van der Waals surface area contributed by atoms with E-state index < -0.39 is 5.97 Å². The van der Waals surface area contributed by atoms with E-state index in [0.29, 0.717) is 18.9 Å². The fourth-order valence-electron chi connectivity index (χ4n) is 1.56. The van der Waals surface area contributed by atoms with Crippen molar-refractivity contribution in [1.82, 2.24) is 0 Å². The van der Waals surface area contributed by atoms with Crippen LogP contribution in [0.3, 0.4) is 0 Å². The van der Waals surface area contributed by atoms with Gasteiger partial charge in [0.05, 0.1) is 6.61 Å². The van der Waals surface area contributed by atoms with Crippen LogP contribution in [0.15, 0.2) is 0 Å². The summed E-state index contributed by atoms with van der Waals surface area (Å²) in [7, 11) is 0. The molecular formula is C14H26O4. The van der Waals surface area contributed by atoms with E-state index in [4.69, 9.17) is 9.84 Å². The summed E-state index contributed by atoms with van der Waals surface area (Å²) in [6.45, 7) is 4.73. The molecule has 0 rings (SSSR count). The molecule has 0 aliphatic carbocycles. The maximum absolute atomic E-state index is 11.3. The minimum absolute atomic E-state index is 0.110.